The quantitative estimate of drug-likeness (QED) is 0.370. The number of benzene rings is 1. The molecule has 3 N–H and O–H groups in total. The van der Waals surface area contributed by atoms with Crippen molar-refractivity contribution in [3.05, 3.63) is 69.8 Å². The Balaban J connectivity index is 1.60. The third kappa shape index (κ3) is 4.16. The molecule has 0 saturated heterocycles. The summed E-state index contributed by atoms with van der Waals surface area (Å²) in [5.41, 5.74) is -0.825. The lowest BCUT2D eigenvalue weighted by Crippen LogP contribution is -2.58. The number of aromatic hydroxyl groups is 2. The number of hydrogen-bond donors (Lipinski definition) is 3. The minimum atomic E-state index is -1.59. The van der Waals surface area contributed by atoms with Crippen molar-refractivity contribution in [2.75, 3.05) is 7.11 Å². The van der Waals surface area contributed by atoms with Crippen molar-refractivity contribution in [1.29, 1.82) is 0 Å². The Morgan fingerprint density at radius 1 is 1.07 bits per heavy atom. The lowest BCUT2D eigenvalue weighted by atomic mass is 9.44. The molecule has 0 bridgehead atoms. The molecule has 1 aromatic heterocycles. The van der Waals surface area contributed by atoms with E-state index in [1.165, 1.54) is 25.3 Å². The zero-order valence-corrected chi connectivity index (χ0v) is 26.1. The van der Waals surface area contributed by atoms with Crippen LogP contribution in [0.2, 0.25) is 0 Å². The summed E-state index contributed by atoms with van der Waals surface area (Å²) < 4.78 is 11.7. The first-order valence-corrected chi connectivity index (χ1v) is 15.5. The van der Waals surface area contributed by atoms with Crippen LogP contribution in [0.3, 0.4) is 0 Å². The van der Waals surface area contributed by atoms with Crippen LogP contribution in [0.4, 0.5) is 0 Å². The number of ether oxygens (including phenoxy) is 1. The second-order valence-electron chi connectivity index (χ2n) is 14.4. The molecule has 8 nitrogen and oxygen atoms in total. The number of phenolic OH excluding ortho intramolecular Hbond substituents is 2. The summed E-state index contributed by atoms with van der Waals surface area (Å²) in [5.74, 6) is -2.97. The Bertz CT molecular complexity index is 1710. The smallest absolute Gasteiger partial charge is 0.202 e. The minimum Gasteiger partial charge on any atom is -0.508 e. The van der Waals surface area contributed by atoms with Crippen LogP contribution in [-0.4, -0.2) is 40.1 Å². The number of Topliss-reactive ketones (excluding diaryl/α,β-unsaturated/α-hetero) is 1. The van der Waals surface area contributed by atoms with Crippen molar-refractivity contribution in [2.24, 2.45) is 34.5 Å². The Labute approximate surface area is 257 Å². The fourth-order valence-corrected chi connectivity index (χ4v) is 9.68. The number of aliphatic hydroxyl groups excluding tert-OH is 1. The number of carbonyl (C=O) groups is 2. The number of methoxy groups -OCH3 is 1. The summed E-state index contributed by atoms with van der Waals surface area (Å²) >= 11 is 0. The van der Waals surface area contributed by atoms with Crippen molar-refractivity contribution in [2.45, 2.75) is 77.7 Å². The molecule has 0 aliphatic heterocycles. The second-order valence-corrected chi connectivity index (χ2v) is 14.4. The number of phenols is 2. The first-order chi connectivity index (χ1) is 20.7. The van der Waals surface area contributed by atoms with Gasteiger partial charge >= 0.3 is 0 Å². The molecule has 7 unspecified atom stereocenters. The molecule has 2 fully saturated rings. The average Bonchev–Trinajstić information content (AvgIpc) is 2.94. The molecule has 0 spiro atoms. The van der Waals surface area contributed by atoms with E-state index in [1.807, 2.05) is 13.0 Å². The fourth-order valence-electron chi connectivity index (χ4n) is 9.68. The first kappa shape index (κ1) is 30.4. The van der Waals surface area contributed by atoms with E-state index < -0.39 is 40.3 Å². The number of allylic oxidation sites excluding steroid dienone is 4. The lowest BCUT2D eigenvalue weighted by Gasteiger charge is -2.60. The molecule has 0 radical (unpaired) electrons. The highest BCUT2D eigenvalue weighted by Gasteiger charge is 2.63. The average molecular weight is 603 g/mol. The highest BCUT2D eigenvalue weighted by Crippen LogP contribution is 2.64. The van der Waals surface area contributed by atoms with E-state index in [-0.39, 0.29) is 63.1 Å². The van der Waals surface area contributed by atoms with Crippen LogP contribution in [0, 0.1) is 34.5 Å². The van der Waals surface area contributed by atoms with Crippen molar-refractivity contribution >= 4 is 22.5 Å². The predicted octanol–water partition coefficient (Wildman–Crippen LogP) is 5.87. The summed E-state index contributed by atoms with van der Waals surface area (Å²) in [4.78, 5) is 42.1. The number of fused-ring (bicyclic) bond motifs is 3. The predicted molar refractivity (Wildman–Crippen MR) is 165 cm³/mol. The molecule has 0 amide bonds. The van der Waals surface area contributed by atoms with Crippen LogP contribution in [0.25, 0.3) is 11.0 Å². The van der Waals surface area contributed by atoms with Gasteiger partial charge in [-0.3, -0.25) is 14.4 Å². The third-order valence-electron chi connectivity index (χ3n) is 11.9. The summed E-state index contributed by atoms with van der Waals surface area (Å²) in [6.07, 6.45) is 6.85. The van der Waals surface area contributed by atoms with E-state index in [9.17, 15) is 29.7 Å². The summed E-state index contributed by atoms with van der Waals surface area (Å²) in [5, 5.41) is 31.9. The zero-order chi connectivity index (χ0) is 31.9. The van der Waals surface area contributed by atoms with E-state index in [0.717, 1.165) is 36.5 Å². The number of hydrogen-bond acceptors (Lipinski definition) is 8. The molecule has 2 aromatic rings. The minimum absolute atomic E-state index is 0.00642. The van der Waals surface area contributed by atoms with Gasteiger partial charge in [-0.15, -0.1) is 0 Å². The van der Waals surface area contributed by atoms with Gasteiger partial charge in [0, 0.05) is 36.1 Å². The van der Waals surface area contributed by atoms with Crippen molar-refractivity contribution in [3.8, 4) is 11.5 Å². The van der Waals surface area contributed by atoms with Crippen molar-refractivity contribution in [1.82, 2.24) is 0 Å². The van der Waals surface area contributed by atoms with E-state index in [2.05, 4.69) is 27.4 Å². The Morgan fingerprint density at radius 3 is 2.50 bits per heavy atom. The van der Waals surface area contributed by atoms with Gasteiger partial charge in [-0.1, -0.05) is 45.4 Å². The van der Waals surface area contributed by atoms with E-state index in [1.54, 1.807) is 0 Å². The molecule has 44 heavy (non-hydrogen) atoms. The first-order valence-electron chi connectivity index (χ1n) is 15.5. The van der Waals surface area contributed by atoms with E-state index in [0.29, 0.717) is 12.8 Å². The largest absolute Gasteiger partial charge is 0.508 e. The molecule has 7 atom stereocenters. The maximum atomic E-state index is 14.6. The van der Waals surface area contributed by atoms with Crippen LogP contribution in [0.1, 0.15) is 72.0 Å². The molecule has 4 aliphatic rings. The van der Waals surface area contributed by atoms with Gasteiger partial charge in [0.1, 0.15) is 33.6 Å². The summed E-state index contributed by atoms with van der Waals surface area (Å²) in [6, 6.07) is 3.50. The second kappa shape index (κ2) is 10.2. The Kier molecular flexibility index (Phi) is 7.04. The molecule has 2 saturated carbocycles. The van der Waals surface area contributed by atoms with E-state index >= 15 is 0 Å². The SMILES string of the molecule is C=C1C(O)CC2C(C)(C)CCCC2(C)C1CC1C(C)=CCC2C(=O)C(OC)=CC(=O)C21c1cc(=O)c2c(O)cc(O)cc2o1. The van der Waals surface area contributed by atoms with Gasteiger partial charge in [0.25, 0.3) is 0 Å². The van der Waals surface area contributed by atoms with Gasteiger partial charge in [-0.25, -0.2) is 0 Å². The maximum Gasteiger partial charge on any atom is 0.202 e. The highest BCUT2D eigenvalue weighted by atomic mass is 16.5. The molecule has 6 rings (SSSR count). The number of rotatable bonds is 4. The lowest BCUT2D eigenvalue weighted by molar-refractivity contribution is -0.139. The summed E-state index contributed by atoms with van der Waals surface area (Å²) in [6.45, 7) is 13.2. The normalized spacial score (nSPS) is 35.0. The standard InChI is InChI=1S/C36H42O8/c1-18-8-9-21-33(42)28(43-6)17-30(41)36(21,31-16-26(40)32-25(39)12-20(37)13-27(32)44-31)22(18)14-23-19(2)24(38)15-29-34(3,4)10-7-11-35(23,29)5/h8,12-13,16-17,21-24,29,37-39H,2,7,9-11,14-15H2,1,3-6H3. The topological polar surface area (TPSA) is 134 Å². The number of aliphatic hydroxyl groups is 1. The van der Waals surface area contributed by atoms with Crippen molar-refractivity contribution < 1.29 is 34.1 Å². The maximum absolute atomic E-state index is 14.6. The monoisotopic (exact) mass is 602 g/mol. The van der Waals surface area contributed by atoms with Gasteiger partial charge in [0.2, 0.25) is 5.78 Å². The molecular weight excluding hydrogens is 560 g/mol. The highest BCUT2D eigenvalue weighted by molar-refractivity contribution is 6.14. The van der Waals surface area contributed by atoms with Crippen molar-refractivity contribution in [3.63, 3.8) is 0 Å². The van der Waals surface area contributed by atoms with Crippen LogP contribution >= 0.6 is 0 Å². The Morgan fingerprint density at radius 2 is 1.80 bits per heavy atom. The van der Waals surface area contributed by atoms with Crippen LogP contribution in [0.5, 0.6) is 11.5 Å². The van der Waals surface area contributed by atoms with E-state index in [4.69, 9.17) is 9.15 Å². The molecule has 8 heteroatoms. The van der Waals surface area contributed by atoms with Gasteiger partial charge in [0.05, 0.1) is 13.2 Å². The number of carbonyl (C=O) groups excluding carboxylic acids is 2. The molecule has 4 aliphatic carbocycles. The molecule has 234 valence electrons. The Hall–Kier alpha value is -3.65. The third-order valence-corrected chi connectivity index (χ3v) is 11.9. The fraction of sp³-hybridized carbons (Fsp3) is 0.528. The number of ketones is 2. The zero-order valence-electron chi connectivity index (χ0n) is 26.1. The van der Waals surface area contributed by atoms with Crippen LogP contribution in [-0.2, 0) is 19.7 Å². The van der Waals surface area contributed by atoms with Gasteiger partial charge < -0.3 is 24.5 Å². The van der Waals surface area contributed by atoms with Gasteiger partial charge in [-0.2, -0.15) is 0 Å². The van der Waals surface area contributed by atoms with Gasteiger partial charge in [0.15, 0.2) is 17.0 Å². The van der Waals surface area contributed by atoms with Crippen LogP contribution < -0.4 is 5.43 Å². The van der Waals surface area contributed by atoms with Gasteiger partial charge in [-0.05, 0) is 67.3 Å². The van der Waals surface area contributed by atoms with Crippen LogP contribution in [0.15, 0.2) is 63.0 Å². The molecular formula is C36H42O8. The summed E-state index contributed by atoms with van der Waals surface area (Å²) in [7, 11) is 1.35. The molecule has 1 heterocycles. The molecule has 1 aromatic carbocycles.